The third kappa shape index (κ3) is 6.73. The van der Waals surface area contributed by atoms with Gasteiger partial charge in [-0.2, -0.15) is 0 Å². The number of rotatable bonds is 4. The molecule has 0 saturated heterocycles. The topological polar surface area (TPSA) is 9.86 Å². The van der Waals surface area contributed by atoms with Crippen molar-refractivity contribution in [2.75, 3.05) is 0 Å². The summed E-state index contributed by atoms with van der Waals surface area (Å²) in [7, 11) is 0. The average Bonchev–Trinajstić information content (AvgIpc) is 1.55. The molecule has 90 heavy (non-hydrogen) atoms. The molecule has 430 valence electrons. The van der Waals surface area contributed by atoms with Crippen molar-refractivity contribution in [3.63, 3.8) is 0 Å². The number of hydrogen-bond acceptors (Lipinski definition) is 0. The summed E-state index contributed by atoms with van der Waals surface area (Å²) in [4.78, 5) is 0. The molecule has 6 aliphatic carbocycles. The smallest absolute Gasteiger partial charge is 0.0625 e. The van der Waals surface area contributed by atoms with Crippen molar-refractivity contribution in [2.45, 2.75) is 89.5 Å². The molecule has 0 amide bonds. The molecule has 0 bridgehead atoms. The molecule has 0 N–H and O–H groups in total. The van der Waals surface area contributed by atoms with Crippen LogP contribution in [0, 0.1) is 0 Å². The summed E-state index contributed by atoms with van der Waals surface area (Å²) in [5, 5.41) is 2.50. The SMILES string of the molecule is CC1(C)c2ccccc2-c2cc3c(cc21)-c1ccc(-c2ccc4c5c(n(-c6ccccc6)c4c2)-c2ccccc2-c2c(n(C4C=CC=CC4)c4cc(-c6ccc7c(c6)C(C)(C)c6cc8c(cc6-7)C(C)(C)c6ccccc6-8)ccc24)-c2ccccc2-5)cc1C3(C)C. The zero-order valence-corrected chi connectivity index (χ0v) is 52.4. The lowest BCUT2D eigenvalue weighted by molar-refractivity contribution is 0.635. The van der Waals surface area contributed by atoms with E-state index in [0.717, 1.165) is 12.1 Å². The zero-order valence-electron chi connectivity index (χ0n) is 52.4. The molecule has 2 aromatic heterocycles. The van der Waals surface area contributed by atoms with Crippen LogP contribution in [0.4, 0.5) is 0 Å². The van der Waals surface area contributed by atoms with Crippen molar-refractivity contribution in [1.29, 1.82) is 0 Å². The van der Waals surface area contributed by atoms with Crippen LogP contribution >= 0.6 is 0 Å². The van der Waals surface area contributed by atoms with E-state index in [1.807, 2.05) is 0 Å². The summed E-state index contributed by atoms with van der Waals surface area (Å²) in [6.07, 6.45) is 10.1. The Labute approximate surface area is 527 Å². The Morgan fingerprint density at radius 3 is 1.18 bits per heavy atom. The molecule has 2 heterocycles. The van der Waals surface area contributed by atoms with Gasteiger partial charge in [0.05, 0.1) is 28.5 Å². The number of allylic oxidation sites excluding steroid dienone is 4. The van der Waals surface area contributed by atoms with E-state index in [9.17, 15) is 0 Å². The minimum atomic E-state index is -0.182. The lowest BCUT2D eigenvalue weighted by atomic mass is 9.79. The number of nitrogens with zero attached hydrogens (tertiary/aromatic N) is 2. The minimum absolute atomic E-state index is 0.0595. The van der Waals surface area contributed by atoms with Gasteiger partial charge in [-0.1, -0.05) is 243 Å². The molecule has 13 aromatic rings. The minimum Gasteiger partial charge on any atom is -0.333 e. The first-order valence-corrected chi connectivity index (χ1v) is 32.5. The highest BCUT2D eigenvalue weighted by Crippen LogP contribution is 2.61. The van der Waals surface area contributed by atoms with Crippen LogP contribution in [0.1, 0.15) is 112 Å². The quantitative estimate of drug-likeness (QED) is 0.166. The molecule has 19 rings (SSSR count). The van der Waals surface area contributed by atoms with Gasteiger partial charge in [-0.3, -0.25) is 0 Å². The summed E-state index contributed by atoms with van der Waals surface area (Å²) < 4.78 is 5.29. The van der Waals surface area contributed by atoms with Crippen LogP contribution in [0.2, 0.25) is 0 Å². The van der Waals surface area contributed by atoms with Gasteiger partial charge >= 0.3 is 0 Å². The van der Waals surface area contributed by atoms with Crippen LogP contribution in [0.25, 0.3) is 139 Å². The molecular formula is C88H68N2. The van der Waals surface area contributed by atoms with E-state index in [1.54, 1.807) is 0 Å². The van der Waals surface area contributed by atoms with Gasteiger partial charge in [0.2, 0.25) is 0 Å². The summed E-state index contributed by atoms with van der Waals surface area (Å²) in [5.41, 5.74) is 40.3. The van der Waals surface area contributed by atoms with Crippen LogP contribution in [-0.2, 0) is 21.7 Å². The van der Waals surface area contributed by atoms with Crippen molar-refractivity contribution in [1.82, 2.24) is 9.13 Å². The Bertz CT molecular complexity index is 5440. The van der Waals surface area contributed by atoms with E-state index < -0.39 is 0 Å². The number of aromatic nitrogens is 2. The van der Waals surface area contributed by atoms with Gasteiger partial charge in [-0.25, -0.2) is 0 Å². The van der Waals surface area contributed by atoms with E-state index in [1.165, 1.54) is 178 Å². The summed E-state index contributed by atoms with van der Waals surface area (Å²) in [6, 6.07) is 87.3. The van der Waals surface area contributed by atoms with E-state index in [2.05, 4.69) is 313 Å². The standard InChI is InChI=1S/C88H68N2/c1-85(2)71-33-21-19-27-57(71)67-47-77-69(49-75(67)85)59-39-35-51(43-73(59)87(77,5)6)53-37-41-65-79(45-53)89(55-23-11-9-12-24-55)83-63-31-17-16-30-62(63)82-66-42-38-54(46-80(66)90(56-25-13-10-14-26-56)84(82)64-32-18-15-29-61(64)81(65)83)52-36-40-60-70-50-76-68(48-78(70)88(7,8)74(60)44-52)58-28-20-22-34-72(58)86(76,3)4/h9-25,27-50,56H,26H2,1-8H3. The van der Waals surface area contributed by atoms with Crippen LogP contribution in [0.5, 0.6) is 0 Å². The van der Waals surface area contributed by atoms with E-state index in [0.29, 0.717) is 0 Å². The third-order valence-corrected chi connectivity index (χ3v) is 22.6. The van der Waals surface area contributed by atoms with Gasteiger partial charge in [0.15, 0.2) is 0 Å². The molecular weight excluding hydrogens is 1080 g/mol. The highest BCUT2D eigenvalue weighted by atomic mass is 15.0. The maximum Gasteiger partial charge on any atom is 0.0625 e. The van der Waals surface area contributed by atoms with E-state index in [-0.39, 0.29) is 27.7 Å². The van der Waals surface area contributed by atoms with Crippen molar-refractivity contribution in [3.8, 4) is 117 Å². The summed E-state index contributed by atoms with van der Waals surface area (Å²) >= 11 is 0. The van der Waals surface area contributed by atoms with Gasteiger partial charge in [-0.05, 0) is 189 Å². The van der Waals surface area contributed by atoms with E-state index in [4.69, 9.17) is 0 Å². The first-order valence-electron chi connectivity index (χ1n) is 32.5. The van der Waals surface area contributed by atoms with Gasteiger partial charge in [0.25, 0.3) is 0 Å². The highest BCUT2D eigenvalue weighted by molar-refractivity contribution is 6.17. The monoisotopic (exact) mass is 1150 g/mol. The van der Waals surface area contributed by atoms with Crippen molar-refractivity contribution in [3.05, 3.63) is 293 Å². The Morgan fingerprint density at radius 2 is 0.678 bits per heavy atom. The fourth-order valence-electron chi connectivity index (χ4n) is 18.0. The van der Waals surface area contributed by atoms with Crippen LogP contribution < -0.4 is 0 Å². The second-order valence-corrected chi connectivity index (χ2v) is 28.7. The van der Waals surface area contributed by atoms with Gasteiger partial charge in [-0.15, -0.1) is 0 Å². The molecule has 11 aromatic carbocycles. The fourth-order valence-corrected chi connectivity index (χ4v) is 18.0. The van der Waals surface area contributed by atoms with Gasteiger partial charge in [0.1, 0.15) is 0 Å². The molecule has 0 fully saturated rings. The van der Waals surface area contributed by atoms with Crippen molar-refractivity contribution in [2.24, 2.45) is 0 Å². The lowest BCUT2D eigenvalue weighted by Gasteiger charge is -2.25. The maximum absolute atomic E-state index is 2.71. The van der Waals surface area contributed by atoms with Crippen LogP contribution in [0.15, 0.2) is 249 Å². The molecule has 2 heteroatoms. The van der Waals surface area contributed by atoms with Gasteiger partial charge < -0.3 is 9.13 Å². The fraction of sp³-hybridized carbons (Fsp3) is 0.159. The van der Waals surface area contributed by atoms with Gasteiger partial charge in [0, 0.05) is 60.4 Å². The normalized spacial score (nSPS) is 17.0. The molecule has 0 aliphatic heterocycles. The Kier molecular flexibility index (Phi) is 10.3. The Balaban J connectivity index is 0.788. The number of para-hydroxylation sites is 1. The predicted molar refractivity (Wildman–Crippen MR) is 377 cm³/mol. The van der Waals surface area contributed by atoms with Crippen molar-refractivity contribution < 1.29 is 0 Å². The molecule has 0 saturated carbocycles. The summed E-state index contributed by atoms with van der Waals surface area (Å²) in [5.74, 6) is 0. The molecule has 1 unspecified atom stereocenters. The molecule has 2 nitrogen and oxygen atoms in total. The maximum atomic E-state index is 2.71. The largest absolute Gasteiger partial charge is 0.333 e. The molecule has 6 aliphatic rings. The van der Waals surface area contributed by atoms with Crippen molar-refractivity contribution >= 4 is 21.8 Å². The van der Waals surface area contributed by atoms with Crippen LogP contribution in [-0.4, -0.2) is 9.13 Å². The second kappa shape index (κ2) is 17.9. The first-order chi connectivity index (χ1) is 43.7. The number of fused-ring (bicyclic) bond motifs is 24. The predicted octanol–water partition coefficient (Wildman–Crippen LogP) is 23.2. The highest BCUT2D eigenvalue weighted by Gasteiger charge is 2.44. The zero-order chi connectivity index (χ0) is 60.5. The Hall–Kier alpha value is -10.0. The molecule has 0 spiro atoms. The third-order valence-electron chi connectivity index (χ3n) is 22.6. The van der Waals surface area contributed by atoms with E-state index >= 15 is 0 Å². The number of benzene rings is 11. The Morgan fingerprint density at radius 1 is 0.300 bits per heavy atom. The lowest BCUT2D eigenvalue weighted by Crippen LogP contribution is -2.17. The molecule has 0 radical (unpaired) electrons. The van der Waals surface area contributed by atoms with Crippen LogP contribution in [0.3, 0.4) is 0 Å². The first kappa shape index (κ1) is 52.0. The average molecular weight is 1150 g/mol. The second-order valence-electron chi connectivity index (χ2n) is 28.7. The number of hydrogen-bond donors (Lipinski definition) is 0. The summed E-state index contributed by atoms with van der Waals surface area (Å²) in [6.45, 7) is 19.3. The molecule has 1 atom stereocenters.